The lowest BCUT2D eigenvalue weighted by Crippen LogP contribution is -1.96. The van der Waals surface area contributed by atoms with Crippen molar-refractivity contribution >= 4 is 64.0 Å². The fraction of sp³-hybridized carbons (Fsp3) is 0. The molecule has 3 nitrogen and oxygen atoms in total. The summed E-state index contributed by atoms with van der Waals surface area (Å²) in [7, 11) is 0. The Balaban J connectivity index is 0.895. The monoisotopic (exact) mass is 869 g/mol. The van der Waals surface area contributed by atoms with Gasteiger partial charge in [-0.25, -0.2) is 15.0 Å². The minimum absolute atomic E-state index is 0.685. The number of nitrogens with zero attached hydrogens (tertiary/aromatic N) is 3. The van der Waals surface area contributed by atoms with Crippen molar-refractivity contribution in [2.24, 2.45) is 0 Å². The Morgan fingerprint density at radius 1 is 0.299 bits per heavy atom. The van der Waals surface area contributed by atoms with Crippen molar-refractivity contribution in [1.29, 1.82) is 0 Å². The highest BCUT2D eigenvalue weighted by molar-refractivity contribution is 7.26. The molecule has 0 atom stereocenters. The van der Waals surface area contributed by atoms with Crippen LogP contribution in [0.25, 0.3) is 131 Å². The largest absolute Gasteiger partial charge is 0.247 e. The maximum Gasteiger partial charge on any atom is 0.160 e. The van der Waals surface area contributed by atoms with Gasteiger partial charge in [-0.1, -0.05) is 200 Å². The summed E-state index contributed by atoms with van der Waals surface area (Å²) < 4.78 is 2.62. The zero-order chi connectivity index (χ0) is 44.3. The predicted octanol–water partition coefficient (Wildman–Crippen LogP) is 17.4. The molecule has 3 heterocycles. The molecule has 0 aliphatic rings. The molecule has 312 valence electrons. The summed E-state index contributed by atoms with van der Waals surface area (Å²) in [5.74, 6) is 0.685. The third-order valence-electron chi connectivity index (χ3n) is 13.1. The molecule has 0 saturated heterocycles. The van der Waals surface area contributed by atoms with Crippen LogP contribution >= 0.6 is 11.3 Å². The van der Waals surface area contributed by atoms with Crippen molar-refractivity contribution < 1.29 is 0 Å². The number of hydrogen-bond acceptors (Lipinski definition) is 4. The number of benzene rings is 10. The van der Waals surface area contributed by atoms with Gasteiger partial charge in [0.15, 0.2) is 5.82 Å². The molecular weight excluding hydrogens is 831 g/mol. The van der Waals surface area contributed by atoms with Crippen LogP contribution in [0.3, 0.4) is 0 Å². The lowest BCUT2D eigenvalue weighted by atomic mass is 9.92. The quantitative estimate of drug-likeness (QED) is 0.150. The van der Waals surface area contributed by atoms with E-state index in [1.54, 1.807) is 0 Å². The fourth-order valence-electron chi connectivity index (χ4n) is 9.76. The zero-order valence-electron chi connectivity index (χ0n) is 36.3. The van der Waals surface area contributed by atoms with E-state index in [1.165, 1.54) is 53.0 Å². The second-order valence-corrected chi connectivity index (χ2v) is 18.2. The van der Waals surface area contributed by atoms with Gasteiger partial charge in [0.05, 0.1) is 22.6 Å². The fourth-order valence-corrected chi connectivity index (χ4v) is 11.0. The smallest absolute Gasteiger partial charge is 0.160 e. The van der Waals surface area contributed by atoms with Gasteiger partial charge in [0, 0.05) is 58.6 Å². The molecule has 0 aliphatic heterocycles. The average molecular weight is 870 g/mol. The van der Waals surface area contributed by atoms with Crippen molar-refractivity contribution in [1.82, 2.24) is 15.0 Å². The number of aromatic nitrogens is 3. The van der Waals surface area contributed by atoms with Crippen LogP contribution in [0.5, 0.6) is 0 Å². The summed E-state index contributed by atoms with van der Waals surface area (Å²) in [6, 6.07) is 84.5. The normalized spacial score (nSPS) is 11.6. The van der Waals surface area contributed by atoms with E-state index in [2.05, 4.69) is 224 Å². The Labute approximate surface area is 392 Å². The van der Waals surface area contributed by atoms with E-state index in [1.807, 2.05) is 23.5 Å². The molecule has 0 spiro atoms. The van der Waals surface area contributed by atoms with Crippen molar-refractivity contribution in [2.45, 2.75) is 0 Å². The number of pyridine rings is 1. The summed E-state index contributed by atoms with van der Waals surface area (Å²) in [5, 5.41) is 8.57. The molecule has 3 aromatic heterocycles. The van der Waals surface area contributed by atoms with Gasteiger partial charge in [0.1, 0.15) is 0 Å². The van der Waals surface area contributed by atoms with Gasteiger partial charge in [-0.3, -0.25) is 0 Å². The average Bonchev–Trinajstić information content (AvgIpc) is 3.80. The molecule has 0 unspecified atom stereocenters. The Morgan fingerprint density at radius 3 is 1.69 bits per heavy atom. The van der Waals surface area contributed by atoms with E-state index in [9.17, 15) is 0 Å². The van der Waals surface area contributed by atoms with E-state index in [4.69, 9.17) is 15.0 Å². The summed E-state index contributed by atoms with van der Waals surface area (Å²) >= 11 is 1.87. The van der Waals surface area contributed by atoms with Crippen LogP contribution in [0.4, 0.5) is 0 Å². The minimum Gasteiger partial charge on any atom is -0.247 e. The zero-order valence-corrected chi connectivity index (χ0v) is 37.1. The molecular formula is C63H39N3S. The van der Waals surface area contributed by atoms with E-state index < -0.39 is 0 Å². The lowest BCUT2D eigenvalue weighted by Gasteiger charge is -2.15. The maximum atomic E-state index is 5.48. The third kappa shape index (κ3) is 6.94. The van der Waals surface area contributed by atoms with Crippen LogP contribution in [0.2, 0.25) is 0 Å². The number of fused-ring (bicyclic) bond motifs is 8. The van der Waals surface area contributed by atoms with E-state index in [0.717, 1.165) is 72.3 Å². The van der Waals surface area contributed by atoms with Crippen LogP contribution in [-0.4, -0.2) is 15.0 Å². The van der Waals surface area contributed by atoms with E-state index in [-0.39, 0.29) is 0 Å². The molecule has 0 saturated carbocycles. The predicted molar refractivity (Wildman–Crippen MR) is 283 cm³/mol. The SMILES string of the molecule is c1ccc(-c2cccc(-c3cc(-c4ccccc4)nc(-c4ccc(-c5cccc(-c6nc7ccc(-c8cccc9c8sc8ccccc89)cc7c7c6ccc6ccccc67)c5)cc4)n3)c2)cc1. The Bertz CT molecular complexity index is 4030. The molecule has 13 aromatic rings. The highest BCUT2D eigenvalue weighted by Crippen LogP contribution is 2.43. The first-order valence-corrected chi connectivity index (χ1v) is 23.5. The van der Waals surface area contributed by atoms with Gasteiger partial charge in [0.2, 0.25) is 0 Å². The first kappa shape index (κ1) is 38.9. The highest BCUT2D eigenvalue weighted by atomic mass is 32.1. The lowest BCUT2D eigenvalue weighted by molar-refractivity contribution is 1.18. The topological polar surface area (TPSA) is 38.7 Å². The van der Waals surface area contributed by atoms with Crippen molar-refractivity contribution in [3.8, 4) is 78.5 Å². The van der Waals surface area contributed by atoms with E-state index >= 15 is 0 Å². The van der Waals surface area contributed by atoms with Gasteiger partial charge in [-0.2, -0.15) is 0 Å². The number of hydrogen-bond donors (Lipinski definition) is 0. The Morgan fingerprint density at radius 2 is 0.881 bits per heavy atom. The molecule has 0 aliphatic carbocycles. The second kappa shape index (κ2) is 16.1. The van der Waals surface area contributed by atoms with Gasteiger partial charge in [-0.05, 0) is 80.6 Å². The van der Waals surface area contributed by atoms with Crippen molar-refractivity contribution in [2.75, 3.05) is 0 Å². The highest BCUT2D eigenvalue weighted by Gasteiger charge is 2.18. The van der Waals surface area contributed by atoms with Gasteiger partial charge in [-0.15, -0.1) is 11.3 Å². The summed E-state index contributed by atoms with van der Waals surface area (Å²) in [6.07, 6.45) is 0. The van der Waals surface area contributed by atoms with Crippen LogP contribution in [0.1, 0.15) is 0 Å². The number of thiophene rings is 1. The minimum atomic E-state index is 0.685. The molecule has 67 heavy (non-hydrogen) atoms. The molecule has 0 bridgehead atoms. The maximum absolute atomic E-state index is 5.48. The summed E-state index contributed by atoms with van der Waals surface area (Å²) in [5.41, 5.74) is 14.8. The first-order chi connectivity index (χ1) is 33.2. The van der Waals surface area contributed by atoms with Crippen LogP contribution in [-0.2, 0) is 0 Å². The summed E-state index contributed by atoms with van der Waals surface area (Å²) in [6.45, 7) is 0. The third-order valence-corrected chi connectivity index (χ3v) is 14.3. The molecule has 0 N–H and O–H groups in total. The Kier molecular flexibility index (Phi) is 9.36. The first-order valence-electron chi connectivity index (χ1n) is 22.7. The second-order valence-electron chi connectivity index (χ2n) is 17.1. The number of rotatable bonds is 7. The van der Waals surface area contributed by atoms with Crippen LogP contribution < -0.4 is 0 Å². The molecule has 0 amide bonds. The molecule has 13 rings (SSSR count). The Hall–Kier alpha value is -8.57. The van der Waals surface area contributed by atoms with Crippen LogP contribution in [0.15, 0.2) is 237 Å². The van der Waals surface area contributed by atoms with E-state index in [0.29, 0.717) is 5.82 Å². The molecule has 4 heteroatoms. The van der Waals surface area contributed by atoms with Gasteiger partial charge < -0.3 is 0 Å². The summed E-state index contributed by atoms with van der Waals surface area (Å²) in [4.78, 5) is 15.8. The van der Waals surface area contributed by atoms with Gasteiger partial charge >= 0.3 is 0 Å². The standard InChI is InChI=1S/C63H39N3S/c1-3-14-40(15-4-1)45-19-11-21-48(36-45)58-39-57(43-17-5-2-6-18-43)65-63(66-58)44-30-28-41(29-31-44)46-20-12-22-49(37-46)61-54-34-32-42-16-7-8-23-50(42)60(54)55-38-47(33-35-56(55)64-61)51-25-13-26-53-52-24-9-10-27-59(52)67-62(51)53/h1-39H. The molecule has 0 fully saturated rings. The van der Waals surface area contributed by atoms with Crippen LogP contribution in [0, 0.1) is 0 Å². The van der Waals surface area contributed by atoms with Crippen molar-refractivity contribution in [3.05, 3.63) is 237 Å². The van der Waals surface area contributed by atoms with Crippen molar-refractivity contribution in [3.63, 3.8) is 0 Å². The van der Waals surface area contributed by atoms with Gasteiger partial charge in [0.25, 0.3) is 0 Å². The molecule has 10 aromatic carbocycles. The molecule has 0 radical (unpaired) electrons.